The van der Waals surface area contributed by atoms with Gasteiger partial charge in [0.15, 0.2) is 5.17 Å². The van der Waals surface area contributed by atoms with Crippen LogP contribution in [0.3, 0.4) is 0 Å². The molecule has 34 heavy (non-hydrogen) atoms. The molecule has 0 atom stereocenters. The monoisotopic (exact) mass is 569 g/mol. The van der Waals surface area contributed by atoms with Crippen LogP contribution >= 0.6 is 51.1 Å². The number of halogens is 2. The third kappa shape index (κ3) is 4.80. The maximum atomic E-state index is 13.7. The summed E-state index contributed by atoms with van der Waals surface area (Å²) in [6, 6.07) is 23.9. The van der Waals surface area contributed by atoms with E-state index in [0.717, 1.165) is 38.7 Å². The van der Waals surface area contributed by atoms with Gasteiger partial charge in [-0.25, -0.2) is 4.99 Å². The lowest BCUT2D eigenvalue weighted by Crippen LogP contribution is -2.32. The van der Waals surface area contributed by atoms with Crippen LogP contribution in [0.2, 0.25) is 5.02 Å². The van der Waals surface area contributed by atoms with Gasteiger partial charge in [-0.1, -0.05) is 69.6 Å². The number of hydrogen-bond acceptors (Lipinski definition) is 5. The fraction of sp³-hybridized carbons (Fsp3) is 0.154. The largest absolute Gasteiger partial charge is 0.334 e. The molecule has 2 aliphatic heterocycles. The Hall–Kier alpha value is -2.19. The lowest BCUT2D eigenvalue weighted by atomic mass is 10.1. The molecule has 0 N–H and O–H groups in total. The number of benzene rings is 3. The summed E-state index contributed by atoms with van der Waals surface area (Å²) in [5.74, 6) is -0.00311. The Kier molecular flexibility index (Phi) is 7.06. The van der Waals surface area contributed by atoms with E-state index in [9.17, 15) is 4.79 Å². The average molecular weight is 571 g/mol. The van der Waals surface area contributed by atoms with E-state index in [1.807, 2.05) is 65.6 Å². The third-order valence-electron chi connectivity index (χ3n) is 5.56. The van der Waals surface area contributed by atoms with Crippen molar-refractivity contribution in [2.75, 3.05) is 18.0 Å². The summed E-state index contributed by atoms with van der Waals surface area (Å²) in [5, 5.41) is 2.34. The van der Waals surface area contributed by atoms with Crippen LogP contribution in [0.4, 0.5) is 11.4 Å². The van der Waals surface area contributed by atoms with Gasteiger partial charge in [0.2, 0.25) is 0 Å². The number of hydrogen-bond donors (Lipinski definition) is 0. The van der Waals surface area contributed by atoms with Crippen molar-refractivity contribution in [2.24, 2.45) is 4.99 Å². The van der Waals surface area contributed by atoms with Gasteiger partial charge in [-0.15, -0.1) is 0 Å². The minimum atomic E-state index is -0.00311. The van der Waals surface area contributed by atoms with Gasteiger partial charge in [0.1, 0.15) is 9.93 Å². The van der Waals surface area contributed by atoms with Gasteiger partial charge in [0.25, 0.3) is 5.91 Å². The Balaban J connectivity index is 1.52. The fourth-order valence-electron chi connectivity index (χ4n) is 3.87. The summed E-state index contributed by atoms with van der Waals surface area (Å²) < 4.78 is 0.993. The van der Waals surface area contributed by atoms with E-state index >= 15 is 0 Å². The van der Waals surface area contributed by atoms with Crippen molar-refractivity contribution in [3.8, 4) is 0 Å². The Bertz CT molecular complexity index is 1300. The van der Waals surface area contributed by atoms with E-state index in [2.05, 4.69) is 39.9 Å². The lowest BCUT2D eigenvalue weighted by molar-refractivity contribution is -0.122. The van der Waals surface area contributed by atoms with Crippen molar-refractivity contribution < 1.29 is 4.79 Å². The van der Waals surface area contributed by atoms with Crippen LogP contribution in [-0.4, -0.2) is 29.1 Å². The summed E-state index contributed by atoms with van der Waals surface area (Å²) in [4.78, 5) is 24.4. The molecular formula is C26H21BrClN3OS2. The van der Waals surface area contributed by atoms with Gasteiger partial charge in [-0.05, 0) is 73.1 Å². The van der Waals surface area contributed by atoms with E-state index in [0.29, 0.717) is 21.6 Å². The van der Waals surface area contributed by atoms with E-state index < -0.39 is 0 Å². The molecule has 1 fully saturated rings. The smallest absolute Gasteiger partial charge is 0.269 e. The van der Waals surface area contributed by atoms with Crippen LogP contribution in [0.25, 0.3) is 0 Å². The number of anilines is 1. The van der Waals surface area contributed by atoms with E-state index in [1.54, 1.807) is 11.8 Å². The van der Waals surface area contributed by atoms with Gasteiger partial charge < -0.3 is 4.90 Å². The maximum Gasteiger partial charge on any atom is 0.269 e. The van der Waals surface area contributed by atoms with Crippen molar-refractivity contribution in [1.82, 2.24) is 4.90 Å². The summed E-state index contributed by atoms with van der Waals surface area (Å²) in [6.07, 6.45) is 0.760. The molecule has 3 aromatic rings. The van der Waals surface area contributed by atoms with Crippen LogP contribution in [0.15, 0.2) is 97.1 Å². The number of carbonyl (C=O) groups excluding carboxylic acids is 1. The van der Waals surface area contributed by atoms with Crippen LogP contribution in [0, 0.1) is 0 Å². The number of aliphatic imine (C=N–C) groups is 1. The maximum absolute atomic E-state index is 13.7. The summed E-state index contributed by atoms with van der Waals surface area (Å²) in [5.41, 5.74) is 3.05. The zero-order valence-electron chi connectivity index (χ0n) is 18.4. The quantitative estimate of drug-likeness (QED) is 0.294. The van der Waals surface area contributed by atoms with Crippen molar-refractivity contribution in [3.63, 3.8) is 0 Å². The molecule has 4 nitrogen and oxygen atoms in total. The minimum absolute atomic E-state index is 0.00311. The van der Waals surface area contributed by atoms with E-state index in [1.165, 1.54) is 17.3 Å². The third-order valence-corrected chi connectivity index (χ3v) is 8.70. The Morgan fingerprint density at radius 3 is 2.47 bits per heavy atom. The number of rotatable bonds is 5. The molecule has 0 radical (unpaired) electrons. The molecule has 3 aromatic carbocycles. The predicted molar refractivity (Wildman–Crippen MR) is 148 cm³/mol. The highest BCUT2D eigenvalue weighted by Gasteiger charge is 2.39. The van der Waals surface area contributed by atoms with E-state index in [-0.39, 0.29) is 5.91 Å². The standard InChI is InChI=1S/C26H21BrClN3OS2/c1-2-30-21-16-19(28)10-13-22(21)33-25(30)23-24(32)31(15-14-17-6-4-3-5-7-17)26(34-23)29-20-11-8-18(27)9-12-20/h3-13,16H,2,14-15H2,1H3/b25-23-,29-26?. The van der Waals surface area contributed by atoms with Crippen molar-refractivity contribution >= 4 is 73.5 Å². The molecule has 8 heteroatoms. The highest BCUT2D eigenvalue weighted by molar-refractivity contribution is 9.10. The predicted octanol–water partition coefficient (Wildman–Crippen LogP) is 7.71. The van der Waals surface area contributed by atoms with Gasteiger partial charge in [0.05, 0.1) is 11.4 Å². The number of amidine groups is 1. The lowest BCUT2D eigenvalue weighted by Gasteiger charge is -2.19. The SMILES string of the molecule is CCN1/C(=C2/SC(=Nc3ccc(Br)cc3)N(CCc3ccccc3)C2=O)Sc2ccc(Cl)cc21. The molecule has 2 heterocycles. The molecule has 172 valence electrons. The summed E-state index contributed by atoms with van der Waals surface area (Å²) >= 11 is 12.8. The van der Waals surface area contributed by atoms with Gasteiger partial charge in [-0.2, -0.15) is 0 Å². The highest BCUT2D eigenvalue weighted by atomic mass is 79.9. The molecular weight excluding hydrogens is 550 g/mol. The number of amides is 1. The average Bonchev–Trinajstić information content (AvgIpc) is 3.36. The van der Waals surface area contributed by atoms with Crippen LogP contribution in [-0.2, 0) is 11.2 Å². The summed E-state index contributed by atoms with van der Waals surface area (Å²) in [7, 11) is 0. The first-order chi connectivity index (χ1) is 16.5. The number of fused-ring (bicyclic) bond motifs is 1. The number of carbonyl (C=O) groups is 1. The zero-order valence-corrected chi connectivity index (χ0v) is 22.3. The fourth-order valence-corrected chi connectivity index (χ4v) is 6.70. The van der Waals surface area contributed by atoms with Crippen LogP contribution < -0.4 is 4.90 Å². The Labute approximate surface area is 221 Å². The Morgan fingerprint density at radius 2 is 1.74 bits per heavy atom. The molecule has 0 aromatic heterocycles. The number of thioether (sulfide) groups is 2. The molecule has 0 spiro atoms. The minimum Gasteiger partial charge on any atom is -0.334 e. The normalized spacial score (nSPS) is 18.8. The van der Waals surface area contributed by atoms with Crippen molar-refractivity contribution in [1.29, 1.82) is 0 Å². The molecule has 0 saturated carbocycles. The second kappa shape index (κ2) is 10.2. The van der Waals surface area contributed by atoms with E-state index in [4.69, 9.17) is 16.6 Å². The molecule has 0 unspecified atom stereocenters. The summed E-state index contributed by atoms with van der Waals surface area (Å²) in [6.45, 7) is 3.40. The molecule has 5 rings (SSSR count). The topological polar surface area (TPSA) is 35.9 Å². The molecule has 2 aliphatic rings. The van der Waals surface area contributed by atoms with Gasteiger partial charge >= 0.3 is 0 Å². The highest BCUT2D eigenvalue weighted by Crippen LogP contribution is 2.51. The molecule has 1 amide bonds. The van der Waals surface area contributed by atoms with Crippen molar-refractivity contribution in [3.05, 3.63) is 97.8 Å². The first-order valence-electron chi connectivity index (χ1n) is 10.9. The zero-order chi connectivity index (χ0) is 23.7. The second-order valence-corrected chi connectivity index (χ2v) is 11.1. The first kappa shape index (κ1) is 23.5. The Morgan fingerprint density at radius 1 is 0.971 bits per heavy atom. The number of nitrogens with zero attached hydrogens (tertiary/aromatic N) is 3. The van der Waals surface area contributed by atoms with Gasteiger partial charge in [-0.3, -0.25) is 9.69 Å². The molecule has 0 aliphatic carbocycles. The van der Waals surface area contributed by atoms with Crippen LogP contribution in [0.5, 0.6) is 0 Å². The molecule has 0 bridgehead atoms. The second-order valence-electron chi connectivity index (χ2n) is 7.76. The molecule has 1 saturated heterocycles. The van der Waals surface area contributed by atoms with Gasteiger partial charge in [0, 0.05) is 27.5 Å². The van der Waals surface area contributed by atoms with Crippen LogP contribution in [0.1, 0.15) is 12.5 Å². The van der Waals surface area contributed by atoms with Crippen molar-refractivity contribution in [2.45, 2.75) is 18.2 Å². The first-order valence-corrected chi connectivity index (χ1v) is 13.7.